The van der Waals surface area contributed by atoms with Crippen LogP contribution in [-0.4, -0.2) is 20.9 Å². The summed E-state index contributed by atoms with van der Waals surface area (Å²) >= 11 is 0. The van der Waals surface area contributed by atoms with E-state index in [0.29, 0.717) is 17.9 Å². The molecule has 5 nitrogen and oxygen atoms in total. The zero-order valence-corrected chi connectivity index (χ0v) is 15.1. The second-order valence-electron chi connectivity index (χ2n) is 5.67. The maximum Gasteiger partial charge on any atom is 0.264 e. The van der Waals surface area contributed by atoms with E-state index in [-0.39, 0.29) is 10.8 Å². The fourth-order valence-electron chi connectivity index (χ4n) is 2.50. The molecular weight excluding hydrogens is 324 g/mol. The Morgan fingerprint density at radius 1 is 1.08 bits per heavy atom. The lowest BCUT2D eigenvalue weighted by atomic mass is 10.1. The highest BCUT2D eigenvalue weighted by Gasteiger charge is 2.24. The normalized spacial score (nSPS) is 11.2. The lowest BCUT2D eigenvalue weighted by molar-refractivity contribution is -0.114. The van der Waals surface area contributed by atoms with Crippen LogP contribution in [0.25, 0.3) is 0 Å². The van der Waals surface area contributed by atoms with Gasteiger partial charge in [-0.3, -0.25) is 9.10 Å². The van der Waals surface area contributed by atoms with Gasteiger partial charge in [0.15, 0.2) is 0 Å². The number of aryl methyl sites for hydroxylation is 2. The maximum atomic E-state index is 13.0. The molecule has 2 aromatic rings. The molecule has 0 saturated carbocycles. The van der Waals surface area contributed by atoms with Crippen LogP contribution in [0.15, 0.2) is 47.4 Å². The van der Waals surface area contributed by atoms with E-state index >= 15 is 0 Å². The van der Waals surface area contributed by atoms with E-state index in [1.807, 2.05) is 39.0 Å². The summed E-state index contributed by atoms with van der Waals surface area (Å²) in [5.41, 5.74) is 3.16. The number of amides is 1. The lowest BCUT2D eigenvalue weighted by Gasteiger charge is -2.25. The minimum absolute atomic E-state index is 0.194. The summed E-state index contributed by atoms with van der Waals surface area (Å²) in [5, 5.41) is 2.63. The second-order valence-corrected chi connectivity index (χ2v) is 7.53. The van der Waals surface area contributed by atoms with Gasteiger partial charge in [-0.15, -0.1) is 0 Å². The Labute approximate surface area is 143 Å². The topological polar surface area (TPSA) is 66.5 Å². The van der Waals surface area contributed by atoms with Gasteiger partial charge in [0.05, 0.1) is 10.6 Å². The van der Waals surface area contributed by atoms with Crippen LogP contribution in [-0.2, 0) is 14.8 Å². The Kier molecular flexibility index (Phi) is 5.29. The van der Waals surface area contributed by atoms with E-state index in [9.17, 15) is 13.2 Å². The summed E-state index contributed by atoms with van der Waals surface area (Å²) in [6.07, 6.45) is 0. The molecule has 1 amide bonds. The van der Waals surface area contributed by atoms with E-state index in [1.54, 1.807) is 12.1 Å². The third kappa shape index (κ3) is 3.76. The molecule has 0 bridgehead atoms. The van der Waals surface area contributed by atoms with Crippen LogP contribution in [0.2, 0.25) is 0 Å². The second kappa shape index (κ2) is 7.05. The van der Waals surface area contributed by atoms with Crippen molar-refractivity contribution in [2.45, 2.75) is 32.6 Å². The van der Waals surface area contributed by atoms with Gasteiger partial charge >= 0.3 is 0 Å². The zero-order valence-electron chi connectivity index (χ0n) is 14.3. The molecule has 24 heavy (non-hydrogen) atoms. The molecule has 0 aliphatic rings. The number of carbonyl (C=O) groups is 1. The number of hydrogen-bond donors (Lipinski definition) is 1. The Balaban J connectivity index is 2.43. The van der Waals surface area contributed by atoms with Crippen LogP contribution in [0.4, 0.5) is 11.4 Å². The van der Waals surface area contributed by atoms with Gasteiger partial charge in [-0.05, 0) is 62.2 Å². The molecule has 0 heterocycles. The predicted octanol–water partition coefficient (Wildman–Crippen LogP) is 3.48. The van der Waals surface area contributed by atoms with Crippen LogP contribution in [0.1, 0.15) is 25.0 Å². The van der Waals surface area contributed by atoms with Crippen molar-refractivity contribution in [2.24, 2.45) is 0 Å². The highest BCUT2D eigenvalue weighted by Crippen LogP contribution is 2.28. The van der Waals surface area contributed by atoms with Gasteiger partial charge < -0.3 is 5.32 Å². The molecule has 0 aliphatic heterocycles. The molecular formula is C18H22N2O3S. The molecule has 0 unspecified atom stereocenters. The largest absolute Gasteiger partial charge is 0.326 e. The average molecular weight is 346 g/mol. The molecule has 128 valence electrons. The van der Waals surface area contributed by atoms with Crippen molar-refractivity contribution >= 4 is 27.3 Å². The first kappa shape index (κ1) is 18.0. The Morgan fingerprint density at radius 3 is 2.25 bits per heavy atom. The Bertz CT molecular complexity index is 843. The molecule has 0 saturated heterocycles. The number of nitrogens with one attached hydrogen (secondary N) is 1. The standard InChI is InChI=1S/C18H22N2O3S/c1-5-20(18-12-13(2)6-7-14(18)3)24(22,23)17-10-8-16(9-11-17)19-15(4)21/h6-12H,5H2,1-4H3,(H,19,21). The van der Waals surface area contributed by atoms with Crippen molar-refractivity contribution in [3.63, 3.8) is 0 Å². The summed E-state index contributed by atoms with van der Waals surface area (Å²) in [5.74, 6) is -0.198. The molecule has 6 heteroatoms. The van der Waals surface area contributed by atoms with E-state index in [4.69, 9.17) is 0 Å². The highest BCUT2D eigenvalue weighted by atomic mass is 32.2. The van der Waals surface area contributed by atoms with Gasteiger partial charge in [0.25, 0.3) is 10.0 Å². The highest BCUT2D eigenvalue weighted by molar-refractivity contribution is 7.92. The van der Waals surface area contributed by atoms with Crippen LogP contribution in [0.3, 0.4) is 0 Å². The first-order chi connectivity index (χ1) is 11.3. The summed E-state index contributed by atoms with van der Waals surface area (Å²) in [4.78, 5) is 11.3. The van der Waals surface area contributed by atoms with Crippen LogP contribution < -0.4 is 9.62 Å². The SMILES string of the molecule is CCN(c1cc(C)ccc1C)S(=O)(=O)c1ccc(NC(C)=O)cc1. The number of rotatable bonds is 5. The van der Waals surface area contributed by atoms with E-state index in [2.05, 4.69) is 5.32 Å². The summed E-state index contributed by atoms with van der Waals surface area (Å²) in [7, 11) is -3.67. The molecule has 0 fully saturated rings. The first-order valence-electron chi connectivity index (χ1n) is 7.73. The van der Waals surface area contributed by atoms with Crippen LogP contribution >= 0.6 is 0 Å². The third-order valence-corrected chi connectivity index (χ3v) is 5.59. The maximum absolute atomic E-state index is 13.0. The molecule has 2 aromatic carbocycles. The smallest absolute Gasteiger partial charge is 0.264 e. The van der Waals surface area contributed by atoms with E-state index < -0.39 is 10.0 Å². The molecule has 0 aliphatic carbocycles. The van der Waals surface area contributed by atoms with Crippen molar-refractivity contribution < 1.29 is 13.2 Å². The zero-order chi connectivity index (χ0) is 17.9. The van der Waals surface area contributed by atoms with Crippen molar-refractivity contribution in [1.82, 2.24) is 0 Å². The van der Waals surface area contributed by atoms with Gasteiger partial charge in [-0.2, -0.15) is 0 Å². The molecule has 0 aromatic heterocycles. The summed E-state index contributed by atoms with van der Waals surface area (Å²) < 4.78 is 27.4. The lowest BCUT2D eigenvalue weighted by Crippen LogP contribution is -2.31. The fraction of sp³-hybridized carbons (Fsp3) is 0.278. The quantitative estimate of drug-likeness (QED) is 0.901. The number of carbonyl (C=O) groups excluding carboxylic acids is 1. The molecule has 0 radical (unpaired) electrons. The molecule has 1 N–H and O–H groups in total. The van der Waals surface area contributed by atoms with E-state index in [0.717, 1.165) is 11.1 Å². The summed E-state index contributed by atoms with van der Waals surface area (Å²) in [6.45, 7) is 7.38. The van der Waals surface area contributed by atoms with Gasteiger partial charge in [-0.1, -0.05) is 12.1 Å². The Hall–Kier alpha value is -2.34. The molecule has 0 spiro atoms. The van der Waals surface area contributed by atoms with Gasteiger partial charge in [0.1, 0.15) is 0 Å². The number of nitrogens with zero attached hydrogens (tertiary/aromatic N) is 1. The van der Waals surface area contributed by atoms with Crippen LogP contribution in [0.5, 0.6) is 0 Å². The Morgan fingerprint density at radius 2 is 1.71 bits per heavy atom. The van der Waals surface area contributed by atoms with Gasteiger partial charge in [0, 0.05) is 19.2 Å². The fourth-order valence-corrected chi connectivity index (χ4v) is 4.03. The average Bonchev–Trinajstić information content (AvgIpc) is 2.51. The van der Waals surface area contributed by atoms with E-state index in [1.165, 1.54) is 23.4 Å². The van der Waals surface area contributed by atoms with Gasteiger partial charge in [0.2, 0.25) is 5.91 Å². The number of anilines is 2. The minimum atomic E-state index is -3.67. The first-order valence-corrected chi connectivity index (χ1v) is 9.17. The molecule has 2 rings (SSSR count). The minimum Gasteiger partial charge on any atom is -0.326 e. The van der Waals surface area contributed by atoms with Crippen molar-refractivity contribution in [1.29, 1.82) is 0 Å². The van der Waals surface area contributed by atoms with Gasteiger partial charge in [-0.25, -0.2) is 8.42 Å². The monoisotopic (exact) mass is 346 g/mol. The van der Waals surface area contributed by atoms with Crippen molar-refractivity contribution in [3.05, 3.63) is 53.6 Å². The molecule has 0 atom stereocenters. The van der Waals surface area contributed by atoms with Crippen LogP contribution in [0, 0.1) is 13.8 Å². The number of benzene rings is 2. The van der Waals surface area contributed by atoms with Crippen molar-refractivity contribution in [3.8, 4) is 0 Å². The number of sulfonamides is 1. The summed E-state index contributed by atoms with van der Waals surface area (Å²) in [6, 6.07) is 11.9. The number of hydrogen-bond acceptors (Lipinski definition) is 3. The third-order valence-electron chi connectivity index (χ3n) is 3.68. The van der Waals surface area contributed by atoms with Crippen molar-refractivity contribution in [2.75, 3.05) is 16.2 Å². The predicted molar refractivity (Wildman–Crippen MR) is 96.9 cm³/mol.